The summed E-state index contributed by atoms with van der Waals surface area (Å²) < 4.78 is 0. The van der Waals surface area contributed by atoms with E-state index in [2.05, 4.69) is 42.6 Å². The smallest absolute Gasteiger partial charge is 0.145 e. The molecule has 2 nitrogen and oxygen atoms in total. The summed E-state index contributed by atoms with van der Waals surface area (Å²) >= 11 is 1.71. The van der Waals surface area contributed by atoms with E-state index < -0.39 is 0 Å². The molecule has 1 N–H and O–H groups in total. The molecule has 1 aromatic rings. The van der Waals surface area contributed by atoms with E-state index in [-0.39, 0.29) is 6.17 Å². The summed E-state index contributed by atoms with van der Waals surface area (Å²) in [5, 5.41) is 7.72. The maximum absolute atomic E-state index is 4.80. The second-order valence-electron chi connectivity index (χ2n) is 4.13. The average molecular weight is 246 g/mol. The zero-order valence-electron chi connectivity index (χ0n) is 10.4. The second-order valence-corrected chi connectivity index (χ2v) is 4.91. The van der Waals surface area contributed by atoms with Crippen LogP contribution in [0.15, 0.2) is 45.7 Å². The van der Waals surface area contributed by atoms with E-state index in [9.17, 15) is 0 Å². The molecule has 0 bridgehead atoms. The summed E-state index contributed by atoms with van der Waals surface area (Å²) in [5.74, 6) is 0. The number of hydrogen-bond donors (Lipinski definition) is 1. The number of rotatable bonds is 4. The van der Waals surface area contributed by atoms with Crippen LogP contribution in [0.5, 0.6) is 0 Å². The zero-order valence-corrected chi connectivity index (χ0v) is 11.2. The van der Waals surface area contributed by atoms with Crippen LogP contribution in [0.25, 0.3) is 0 Å². The Kier molecular flexibility index (Phi) is 3.79. The van der Waals surface area contributed by atoms with Gasteiger partial charge in [-0.15, -0.1) is 6.58 Å². The van der Waals surface area contributed by atoms with Crippen LogP contribution < -0.4 is 5.32 Å². The molecule has 17 heavy (non-hydrogen) atoms. The monoisotopic (exact) mass is 246 g/mol. The third-order valence-electron chi connectivity index (χ3n) is 2.98. The van der Waals surface area contributed by atoms with Gasteiger partial charge in [-0.1, -0.05) is 13.0 Å². The van der Waals surface area contributed by atoms with Crippen molar-refractivity contribution in [1.29, 1.82) is 0 Å². The number of thiophene rings is 1. The fourth-order valence-corrected chi connectivity index (χ4v) is 2.76. The Hall–Kier alpha value is -1.35. The molecule has 2 rings (SSSR count). The molecule has 90 valence electrons. The lowest BCUT2D eigenvalue weighted by molar-refractivity contribution is 0.610. The van der Waals surface area contributed by atoms with Gasteiger partial charge in [-0.05, 0) is 42.2 Å². The molecular formula is C14H18N2S. The Morgan fingerprint density at radius 1 is 1.59 bits per heavy atom. The van der Waals surface area contributed by atoms with Crippen molar-refractivity contribution in [3.63, 3.8) is 0 Å². The highest BCUT2D eigenvalue weighted by atomic mass is 32.1. The quantitative estimate of drug-likeness (QED) is 0.796. The fraction of sp³-hybridized carbons (Fsp3) is 0.357. The first-order chi connectivity index (χ1) is 8.26. The SMILES string of the molecule is C=CCC1=C(C)NC(c2ccsc2)N=C1CC. The molecule has 1 atom stereocenters. The van der Waals surface area contributed by atoms with Crippen molar-refractivity contribution >= 4 is 17.0 Å². The number of nitrogens with zero attached hydrogens (tertiary/aromatic N) is 1. The van der Waals surface area contributed by atoms with Gasteiger partial charge in [0.05, 0.1) is 0 Å². The van der Waals surface area contributed by atoms with Crippen molar-refractivity contribution < 1.29 is 0 Å². The van der Waals surface area contributed by atoms with E-state index in [0.29, 0.717) is 0 Å². The van der Waals surface area contributed by atoms with Gasteiger partial charge in [0, 0.05) is 17.0 Å². The Morgan fingerprint density at radius 3 is 3.00 bits per heavy atom. The maximum Gasteiger partial charge on any atom is 0.145 e. The van der Waals surface area contributed by atoms with E-state index in [4.69, 9.17) is 4.99 Å². The lowest BCUT2D eigenvalue weighted by atomic mass is 10.00. The zero-order chi connectivity index (χ0) is 12.3. The molecule has 0 spiro atoms. The van der Waals surface area contributed by atoms with Crippen molar-refractivity contribution in [3.8, 4) is 0 Å². The van der Waals surface area contributed by atoms with Gasteiger partial charge < -0.3 is 5.32 Å². The predicted molar refractivity (Wildman–Crippen MR) is 75.4 cm³/mol. The normalized spacial score (nSPS) is 19.9. The van der Waals surface area contributed by atoms with E-state index in [1.165, 1.54) is 22.5 Å². The Bertz CT molecular complexity index is 455. The van der Waals surface area contributed by atoms with Crippen LogP contribution in [-0.4, -0.2) is 5.71 Å². The number of aliphatic imine (C=N–C) groups is 1. The molecule has 0 saturated carbocycles. The van der Waals surface area contributed by atoms with Crippen LogP contribution in [0.3, 0.4) is 0 Å². The van der Waals surface area contributed by atoms with Gasteiger partial charge in [0.2, 0.25) is 0 Å². The molecule has 1 unspecified atom stereocenters. The first-order valence-corrected chi connectivity index (χ1v) is 6.86. The second kappa shape index (κ2) is 5.32. The van der Waals surface area contributed by atoms with Crippen molar-refractivity contribution in [2.45, 2.75) is 32.9 Å². The van der Waals surface area contributed by atoms with Gasteiger partial charge in [0.15, 0.2) is 0 Å². The molecule has 0 amide bonds. The van der Waals surface area contributed by atoms with Crippen LogP contribution >= 0.6 is 11.3 Å². The molecule has 0 aromatic carbocycles. The highest BCUT2D eigenvalue weighted by Gasteiger charge is 2.20. The summed E-state index contributed by atoms with van der Waals surface area (Å²) in [4.78, 5) is 4.80. The van der Waals surface area contributed by atoms with Gasteiger partial charge >= 0.3 is 0 Å². The van der Waals surface area contributed by atoms with Gasteiger partial charge in [0.25, 0.3) is 0 Å². The van der Waals surface area contributed by atoms with Crippen molar-refractivity contribution in [2.24, 2.45) is 4.99 Å². The number of hydrogen-bond acceptors (Lipinski definition) is 3. The van der Waals surface area contributed by atoms with Crippen molar-refractivity contribution in [3.05, 3.63) is 46.3 Å². The molecule has 0 fully saturated rings. The first kappa shape index (κ1) is 12.1. The summed E-state index contributed by atoms with van der Waals surface area (Å²) in [7, 11) is 0. The van der Waals surface area contributed by atoms with Gasteiger partial charge in [-0.2, -0.15) is 11.3 Å². The number of nitrogens with one attached hydrogen (secondary N) is 1. The molecule has 2 heterocycles. The van der Waals surface area contributed by atoms with Gasteiger partial charge in [-0.3, -0.25) is 4.99 Å². The minimum Gasteiger partial charge on any atom is -0.363 e. The molecule has 0 aliphatic carbocycles. The minimum absolute atomic E-state index is 0.0877. The molecular weight excluding hydrogens is 228 g/mol. The standard InChI is InChI=1S/C14H18N2S/c1-4-6-12-10(3)15-14(16-13(12)5-2)11-7-8-17-9-11/h4,7-9,14-15H,1,5-6H2,2-3H3. The molecule has 0 radical (unpaired) electrons. The maximum atomic E-state index is 4.80. The van der Waals surface area contributed by atoms with Crippen LogP contribution in [0, 0.1) is 0 Å². The Labute approximate surface area is 107 Å². The Balaban J connectivity index is 2.29. The highest BCUT2D eigenvalue weighted by molar-refractivity contribution is 7.07. The third-order valence-corrected chi connectivity index (χ3v) is 3.68. The molecule has 0 saturated heterocycles. The van der Waals surface area contributed by atoms with Crippen molar-refractivity contribution in [1.82, 2.24) is 5.32 Å². The fourth-order valence-electron chi connectivity index (χ4n) is 2.08. The largest absolute Gasteiger partial charge is 0.363 e. The van der Waals surface area contributed by atoms with Gasteiger partial charge in [0.1, 0.15) is 6.17 Å². The topological polar surface area (TPSA) is 24.4 Å². The van der Waals surface area contributed by atoms with E-state index >= 15 is 0 Å². The number of allylic oxidation sites excluding steroid dienone is 3. The van der Waals surface area contributed by atoms with Gasteiger partial charge in [-0.25, -0.2) is 0 Å². The van der Waals surface area contributed by atoms with E-state index in [0.717, 1.165) is 12.8 Å². The molecule has 1 aromatic heterocycles. The highest BCUT2D eigenvalue weighted by Crippen LogP contribution is 2.26. The Morgan fingerprint density at radius 2 is 2.41 bits per heavy atom. The van der Waals surface area contributed by atoms with Crippen LogP contribution in [0.2, 0.25) is 0 Å². The van der Waals surface area contributed by atoms with Crippen LogP contribution in [0.1, 0.15) is 38.4 Å². The lowest BCUT2D eigenvalue weighted by Crippen LogP contribution is -2.26. The van der Waals surface area contributed by atoms with E-state index in [1.54, 1.807) is 11.3 Å². The first-order valence-electron chi connectivity index (χ1n) is 5.92. The lowest BCUT2D eigenvalue weighted by Gasteiger charge is -2.26. The third kappa shape index (κ3) is 2.50. The van der Waals surface area contributed by atoms with E-state index in [1.807, 2.05) is 6.08 Å². The van der Waals surface area contributed by atoms with Crippen LogP contribution in [-0.2, 0) is 0 Å². The molecule has 3 heteroatoms. The predicted octanol–water partition coefficient (Wildman–Crippen LogP) is 4.05. The molecule has 1 aliphatic heterocycles. The summed E-state index contributed by atoms with van der Waals surface area (Å²) in [5.41, 5.74) is 4.98. The summed E-state index contributed by atoms with van der Waals surface area (Å²) in [6.07, 6.45) is 3.89. The minimum atomic E-state index is 0.0877. The summed E-state index contributed by atoms with van der Waals surface area (Å²) in [6, 6.07) is 2.13. The van der Waals surface area contributed by atoms with Crippen LogP contribution in [0.4, 0.5) is 0 Å². The summed E-state index contributed by atoms with van der Waals surface area (Å²) in [6.45, 7) is 8.10. The van der Waals surface area contributed by atoms with Crippen molar-refractivity contribution in [2.75, 3.05) is 0 Å². The molecule has 1 aliphatic rings. The average Bonchev–Trinajstić information content (AvgIpc) is 2.85.